The minimum absolute atomic E-state index is 0.143. The van der Waals surface area contributed by atoms with E-state index in [9.17, 15) is 9.59 Å². The van der Waals surface area contributed by atoms with E-state index in [4.69, 9.17) is 15.2 Å². The van der Waals surface area contributed by atoms with Gasteiger partial charge in [0.15, 0.2) is 0 Å². The Morgan fingerprint density at radius 1 is 1.27 bits per heavy atom. The summed E-state index contributed by atoms with van der Waals surface area (Å²) in [4.78, 5) is 31.5. The summed E-state index contributed by atoms with van der Waals surface area (Å²) in [7, 11) is 0. The van der Waals surface area contributed by atoms with Gasteiger partial charge in [0.1, 0.15) is 11.9 Å². The van der Waals surface area contributed by atoms with Crippen molar-refractivity contribution in [3.05, 3.63) is 54.1 Å². The van der Waals surface area contributed by atoms with Crippen molar-refractivity contribution in [2.75, 3.05) is 13.2 Å². The number of primary amides is 1. The van der Waals surface area contributed by atoms with Crippen LogP contribution < -0.4 is 15.8 Å². The van der Waals surface area contributed by atoms with Gasteiger partial charge in [0, 0.05) is 30.8 Å². The molecule has 0 bridgehead atoms. The fourth-order valence-electron chi connectivity index (χ4n) is 2.71. The molecule has 0 saturated carbocycles. The van der Waals surface area contributed by atoms with Crippen LogP contribution in [-0.2, 0) is 16.0 Å². The van der Waals surface area contributed by atoms with Gasteiger partial charge < -0.3 is 20.5 Å². The molecular formula is C18H20N4O4. The second-order valence-electron chi connectivity index (χ2n) is 5.96. The summed E-state index contributed by atoms with van der Waals surface area (Å²) in [6.45, 7) is 0.921. The quantitative estimate of drug-likeness (QED) is 0.777. The number of carbonyl (C=O) groups is 2. The lowest BCUT2D eigenvalue weighted by atomic mass is 10.1. The number of amides is 2. The monoisotopic (exact) mass is 356 g/mol. The largest absolute Gasteiger partial charge is 0.486 e. The number of nitrogens with one attached hydrogen (secondary N) is 1. The van der Waals surface area contributed by atoms with Gasteiger partial charge in [-0.15, -0.1) is 0 Å². The van der Waals surface area contributed by atoms with Gasteiger partial charge >= 0.3 is 0 Å². The zero-order valence-corrected chi connectivity index (χ0v) is 14.1. The summed E-state index contributed by atoms with van der Waals surface area (Å²) in [6.07, 6.45) is 5.17. The SMILES string of the molecule is NC(=O)c1ccc(O[C@@H]2COCC[C@H]2NC(=O)Cc2cnccn2)cc1. The van der Waals surface area contributed by atoms with Crippen LogP contribution in [-0.4, -0.2) is 47.1 Å². The zero-order valence-electron chi connectivity index (χ0n) is 14.1. The predicted molar refractivity (Wildman–Crippen MR) is 92.5 cm³/mol. The minimum Gasteiger partial charge on any atom is -0.486 e. The number of ether oxygens (including phenoxy) is 2. The van der Waals surface area contributed by atoms with Crippen LogP contribution in [0.2, 0.25) is 0 Å². The maximum absolute atomic E-state index is 12.3. The molecule has 3 rings (SSSR count). The molecule has 1 aliphatic heterocycles. The normalized spacial score (nSPS) is 19.5. The average Bonchev–Trinajstić information content (AvgIpc) is 2.64. The van der Waals surface area contributed by atoms with E-state index in [2.05, 4.69) is 15.3 Å². The molecule has 26 heavy (non-hydrogen) atoms. The first kappa shape index (κ1) is 17.8. The van der Waals surface area contributed by atoms with Crippen LogP contribution in [0.5, 0.6) is 5.75 Å². The van der Waals surface area contributed by atoms with Gasteiger partial charge in [-0.3, -0.25) is 19.6 Å². The third-order valence-corrected chi connectivity index (χ3v) is 4.04. The second-order valence-corrected chi connectivity index (χ2v) is 5.96. The third-order valence-electron chi connectivity index (χ3n) is 4.04. The van der Waals surface area contributed by atoms with Crippen molar-refractivity contribution < 1.29 is 19.1 Å². The zero-order chi connectivity index (χ0) is 18.4. The van der Waals surface area contributed by atoms with E-state index < -0.39 is 5.91 Å². The lowest BCUT2D eigenvalue weighted by molar-refractivity contribution is -0.123. The van der Waals surface area contributed by atoms with E-state index in [0.29, 0.717) is 36.6 Å². The van der Waals surface area contributed by atoms with Crippen LogP contribution in [0.15, 0.2) is 42.9 Å². The van der Waals surface area contributed by atoms with Crippen LogP contribution >= 0.6 is 0 Å². The van der Waals surface area contributed by atoms with Crippen LogP contribution in [0.1, 0.15) is 22.5 Å². The van der Waals surface area contributed by atoms with Crippen LogP contribution in [0.25, 0.3) is 0 Å². The van der Waals surface area contributed by atoms with Crippen LogP contribution in [0.4, 0.5) is 0 Å². The number of benzene rings is 1. The first-order valence-corrected chi connectivity index (χ1v) is 8.30. The Labute approximate surface area is 150 Å². The molecule has 2 aromatic rings. The summed E-state index contributed by atoms with van der Waals surface area (Å²) in [5.74, 6) is -0.0551. The van der Waals surface area contributed by atoms with Crippen LogP contribution in [0.3, 0.4) is 0 Å². The first-order chi connectivity index (χ1) is 12.6. The molecule has 136 valence electrons. The minimum atomic E-state index is -0.494. The summed E-state index contributed by atoms with van der Waals surface area (Å²) in [5.41, 5.74) is 6.25. The number of hydrogen-bond donors (Lipinski definition) is 2. The summed E-state index contributed by atoms with van der Waals surface area (Å²) in [6, 6.07) is 6.37. The first-order valence-electron chi connectivity index (χ1n) is 8.30. The molecule has 2 heterocycles. The molecule has 1 aromatic carbocycles. The summed E-state index contributed by atoms with van der Waals surface area (Å²) in [5, 5.41) is 2.98. The summed E-state index contributed by atoms with van der Waals surface area (Å²) < 4.78 is 11.4. The Bertz CT molecular complexity index is 752. The number of nitrogens with two attached hydrogens (primary N) is 1. The van der Waals surface area contributed by atoms with E-state index in [1.807, 2.05) is 0 Å². The van der Waals surface area contributed by atoms with Crippen molar-refractivity contribution in [2.45, 2.75) is 25.0 Å². The maximum atomic E-state index is 12.3. The highest BCUT2D eigenvalue weighted by Gasteiger charge is 2.29. The van der Waals surface area contributed by atoms with Crippen LogP contribution in [0, 0.1) is 0 Å². The van der Waals surface area contributed by atoms with Crippen molar-refractivity contribution in [3.63, 3.8) is 0 Å². The second kappa shape index (κ2) is 8.39. The number of hydrogen-bond acceptors (Lipinski definition) is 6. The topological polar surface area (TPSA) is 116 Å². The van der Waals surface area contributed by atoms with Crippen molar-refractivity contribution in [2.24, 2.45) is 5.73 Å². The molecule has 3 N–H and O–H groups in total. The standard InChI is InChI=1S/C18H20N4O4/c19-18(24)12-1-3-14(4-2-12)26-16-11-25-8-5-15(16)22-17(23)9-13-10-20-6-7-21-13/h1-4,6-7,10,15-16H,5,8-9,11H2,(H2,19,24)(H,22,23)/t15-,16-/m1/s1. The fourth-order valence-corrected chi connectivity index (χ4v) is 2.71. The van der Waals surface area contributed by atoms with Gasteiger partial charge in [0.25, 0.3) is 0 Å². The van der Waals surface area contributed by atoms with E-state index in [-0.39, 0.29) is 24.5 Å². The van der Waals surface area contributed by atoms with E-state index in [1.165, 1.54) is 0 Å². The molecule has 8 heteroatoms. The van der Waals surface area contributed by atoms with Gasteiger partial charge in [-0.1, -0.05) is 0 Å². The third kappa shape index (κ3) is 4.76. The fraction of sp³-hybridized carbons (Fsp3) is 0.333. The molecule has 0 spiro atoms. The molecule has 2 atom stereocenters. The lowest BCUT2D eigenvalue weighted by Crippen LogP contribution is -2.51. The molecule has 0 radical (unpaired) electrons. The number of aromatic nitrogens is 2. The van der Waals surface area contributed by atoms with Gasteiger partial charge in [0.05, 0.1) is 24.8 Å². The van der Waals surface area contributed by atoms with Gasteiger partial charge in [-0.25, -0.2) is 0 Å². The molecule has 1 aliphatic rings. The van der Waals surface area contributed by atoms with E-state index >= 15 is 0 Å². The Kier molecular flexibility index (Phi) is 5.75. The van der Waals surface area contributed by atoms with E-state index in [0.717, 1.165) is 0 Å². The highest BCUT2D eigenvalue weighted by atomic mass is 16.5. The van der Waals surface area contributed by atoms with Crippen molar-refractivity contribution in [1.29, 1.82) is 0 Å². The maximum Gasteiger partial charge on any atom is 0.248 e. The molecule has 8 nitrogen and oxygen atoms in total. The summed E-state index contributed by atoms with van der Waals surface area (Å²) >= 11 is 0. The van der Waals surface area contributed by atoms with Crippen molar-refractivity contribution >= 4 is 11.8 Å². The average molecular weight is 356 g/mol. The molecule has 0 aliphatic carbocycles. The Morgan fingerprint density at radius 2 is 2.08 bits per heavy atom. The molecule has 2 amide bonds. The van der Waals surface area contributed by atoms with E-state index in [1.54, 1.807) is 42.9 Å². The Balaban J connectivity index is 1.60. The predicted octanol–water partition coefficient (Wildman–Crippen LogP) is 0.471. The lowest BCUT2D eigenvalue weighted by Gasteiger charge is -2.32. The molecule has 1 aromatic heterocycles. The number of nitrogens with zero attached hydrogens (tertiary/aromatic N) is 2. The van der Waals surface area contributed by atoms with Gasteiger partial charge in [-0.05, 0) is 30.7 Å². The van der Waals surface area contributed by atoms with Crippen molar-refractivity contribution in [1.82, 2.24) is 15.3 Å². The molecule has 1 saturated heterocycles. The molecular weight excluding hydrogens is 336 g/mol. The Morgan fingerprint density at radius 3 is 2.77 bits per heavy atom. The van der Waals surface area contributed by atoms with Gasteiger partial charge in [-0.2, -0.15) is 0 Å². The van der Waals surface area contributed by atoms with Crippen molar-refractivity contribution in [3.8, 4) is 5.75 Å². The smallest absolute Gasteiger partial charge is 0.248 e. The molecule has 0 unspecified atom stereocenters. The number of carbonyl (C=O) groups excluding carboxylic acids is 2. The number of rotatable bonds is 6. The highest BCUT2D eigenvalue weighted by Crippen LogP contribution is 2.18. The Hall–Kier alpha value is -3.00. The van der Waals surface area contributed by atoms with Gasteiger partial charge in [0.2, 0.25) is 11.8 Å². The molecule has 1 fully saturated rings. The highest BCUT2D eigenvalue weighted by molar-refractivity contribution is 5.92.